The van der Waals surface area contributed by atoms with Crippen molar-refractivity contribution in [1.82, 2.24) is 20.3 Å². The lowest BCUT2D eigenvalue weighted by Crippen LogP contribution is -2.32. The Bertz CT molecular complexity index is 1290. The van der Waals surface area contributed by atoms with Crippen LogP contribution in [-0.2, 0) is 5.41 Å². The highest BCUT2D eigenvalue weighted by atomic mass is 16.5. The maximum atomic E-state index is 13.6. The Hall–Kier alpha value is -3.98. The number of benzene rings is 1. The zero-order chi connectivity index (χ0) is 23.2. The molecule has 4 aromatic rings. The van der Waals surface area contributed by atoms with Crippen LogP contribution < -0.4 is 9.64 Å². The molecule has 33 heavy (non-hydrogen) atoms. The van der Waals surface area contributed by atoms with Crippen LogP contribution in [0.5, 0.6) is 5.75 Å². The molecule has 0 aliphatic carbocycles. The van der Waals surface area contributed by atoms with Gasteiger partial charge in [0.15, 0.2) is 0 Å². The number of anilines is 1. The van der Waals surface area contributed by atoms with E-state index in [9.17, 15) is 9.90 Å². The third kappa shape index (κ3) is 3.28. The molecular weight excluding hydrogens is 422 g/mol. The molecule has 5 rings (SSSR count). The molecule has 0 saturated heterocycles. The zero-order valence-electron chi connectivity index (χ0n) is 18.4. The highest BCUT2D eigenvalue weighted by molar-refractivity contribution is 6.10. The number of hydrogen-bond acceptors (Lipinski definition) is 7. The number of aliphatic hydroxyl groups is 1. The van der Waals surface area contributed by atoms with Gasteiger partial charge in [0.05, 0.1) is 25.5 Å². The third-order valence-corrected chi connectivity index (χ3v) is 5.97. The number of nitrogens with one attached hydrogen (secondary N) is 1. The first-order valence-corrected chi connectivity index (χ1v) is 10.5. The molecule has 0 bridgehead atoms. The number of ether oxygens (including phenoxy) is 1. The lowest BCUT2D eigenvalue weighted by molar-refractivity contribution is 0.0988. The minimum absolute atomic E-state index is 0.123. The van der Waals surface area contributed by atoms with Gasteiger partial charge < -0.3 is 14.4 Å². The number of rotatable bonds is 6. The van der Waals surface area contributed by atoms with E-state index in [1.165, 1.54) is 6.26 Å². The second kappa shape index (κ2) is 7.86. The van der Waals surface area contributed by atoms with Crippen LogP contribution in [0.2, 0.25) is 0 Å². The van der Waals surface area contributed by atoms with E-state index in [1.807, 2.05) is 44.2 Å². The molecule has 168 valence electrons. The highest BCUT2D eigenvalue weighted by Gasteiger charge is 2.46. The number of methoxy groups -OCH3 is 1. The Kier molecular flexibility index (Phi) is 4.98. The first-order chi connectivity index (χ1) is 16.0. The Morgan fingerprint density at radius 1 is 1.21 bits per heavy atom. The molecule has 0 spiro atoms. The predicted octanol–water partition coefficient (Wildman–Crippen LogP) is 3.49. The Morgan fingerprint density at radius 2 is 2.03 bits per heavy atom. The van der Waals surface area contributed by atoms with Gasteiger partial charge in [-0.15, -0.1) is 0 Å². The molecule has 1 unspecified atom stereocenters. The summed E-state index contributed by atoms with van der Waals surface area (Å²) in [6.45, 7) is 3.66. The molecule has 3 aromatic heterocycles. The Morgan fingerprint density at radius 3 is 2.70 bits per heavy atom. The van der Waals surface area contributed by atoms with E-state index in [1.54, 1.807) is 30.3 Å². The average Bonchev–Trinajstić information content (AvgIpc) is 3.57. The zero-order valence-corrected chi connectivity index (χ0v) is 18.4. The summed E-state index contributed by atoms with van der Waals surface area (Å²) in [5, 5.41) is 21.3. The van der Waals surface area contributed by atoms with Crippen molar-refractivity contribution in [2.24, 2.45) is 0 Å². The van der Waals surface area contributed by atoms with Crippen molar-refractivity contribution in [1.29, 1.82) is 0 Å². The van der Waals surface area contributed by atoms with Gasteiger partial charge >= 0.3 is 0 Å². The molecule has 1 aliphatic rings. The molecule has 1 aliphatic heterocycles. The van der Waals surface area contributed by atoms with Gasteiger partial charge in [0.1, 0.15) is 29.2 Å². The largest absolute Gasteiger partial charge is 0.496 e. The van der Waals surface area contributed by atoms with Crippen LogP contribution in [0.25, 0.3) is 11.3 Å². The van der Waals surface area contributed by atoms with Gasteiger partial charge in [0, 0.05) is 34.4 Å². The van der Waals surface area contributed by atoms with Gasteiger partial charge in [-0.25, -0.2) is 4.98 Å². The number of pyridine rings is 1. The second-order valence-electron chi connectivity index (χ2n) is 8.51. The molecule has 0 radical (unpaired) electrons. The fourth-order valence-corrected chi connectivity index (χ4v) is 4.20. The van der Waals surface area contributed by atoms with E-state index in [2.05, 4.69) is 20.3 Å². The molecule has 0 saturated carbocycles. The number of fused-ring (bicyclic) bond motifs is 1. The van der Waals surface area contributed by atoms with Crippen molar-refractivity contribution in [2.75, 3.05) is 18.6 Å². The molecule has 1 amide bonds. The molecule has 1 aromatic carbocycles. The van der Waals surface area contributed by atoms with Crippen LogP contribution in [0.1, 0.15) is 47.2 Å². The van der Waals surface area contributed by atoms with Crippen molar-refractivity contribution < 1.29 is 19.2 Å². The minimum atomic E-state index is -0.662. The van der Waals surface area contributed by atoms with Crippen molar-refractivity contribution in [3.63, 3.8) is 0 Å². The lowest BCUT2D eigenvalue weighted by atomic mass is 9.84. The monoisotopic (exact) mass is 445 g/mol. The summed E-state index contributed by atoms with van der Waals surface area (Å²) >= 11 is 0. The van der Waals surface area contributed by atoms with Crippen LogP contribution in [0.15, 0.2) is 59.4 Å². The van der Waals surface area contributed by atoms with Crippen LogP contribution in [-0.4, -0.2) is 45.1 Å². The normalized spacial score (nSPS) is 15.7. The molecular formula is C24H23N5O4. The van der Waals surface area contributed by atoms with Gasteiger partial charge in [-0.1, -0.05) is 37.2 Å². The summed E-state index contributed by atoms with van der Waals surface area (Å²) < 4.78 is 10.5. The standard InChI is InChI=1S/C24H23N5O4/c1-24(2,13-30)22-19-20(26-27-22)23(31)29(21(19)15-6-4-5-7-17(15)32-3)18-9-8-14(12-25-18)16-10-11-33-28-16/h4-12,21,30H,13H2,1-3H3,(H,26,27). The second-order valence-corrected chi connectivity index (χ2v) is 8.51. The summed E-state index contributed by atoms with van der Waals surface area (Å²) in [6.07, 6.45) is 3.15. The SMILES string of the molecule is COc1ccccc1C1c2c(C(C)(C)CO)n[nH]c2C(=O)N1c1ccc(-c2ccon2)cn1. The third-order valence-electron chi connectivity index (χ3n) is 5.97. The predicted molar refractivity (Wildman–Crippen MR) is 120 cm³/mol. The molecule has 9 nitrogen and oxygen atoms in total. The summed E-state index contributed by atoms with van der Waals surface area (Å²) in [7, 11) is 1.60. The van der Waals surface area contributed by atoms with E-state index in [-0.39, 0.29) is 12.5 Å². The Balaban J connectivity index is 1.68. The lowest BCUT2D eigenvalue weighted by Gasteiger charge is -2.29. The smallest absolute Gasteiger partial charge is 0.278 e. The fourth-order valence-electron chi connectivity index (χ4n) is 4.20. The number of aliphatic hydroxyl groups excluding tert-OH is 1. The van der Waals surface area contributed by atoms with Gasteiger partial charge in [-0.2, -0.15) is 5.10 Å². The van der Waals surface area contributed by atoms with E-state index >= 15 is 0 Å². The maximum Gasteiger partial charge on any atom is 0.278 e. The Labute approximate surface area is 190 Å². The van der Waals surface area contributed by atoms with Crippen LogP contribution in [0.3, 0.4) is 0 Å². The number of carbonyl (C=O) groups excluding carboxylic acids is 1. The van der Waals surface area contributed by atoms with Gasteiger partial charge in [0.25, 0.3) is 5.91 Å². The van der Waals surface area contributed by atoms with Crippen molar-refractivity contribution in [3.8, 4) is 17.0 Å². The van der Waals surface area contributed by atoms with Crippen molar-refractivity contribution in [3.05, 3.63) is 77.4 Å². The van der Waals surface area contributed by atoms with Gasteiger partial charge in [0.2, 0.25) is 0 Å². The molecule has 4 heterocycles. The fraction of sp³-hybridized carbons (Fsp3) is 0.250. The number of amides is 1. The van der Waals surface area contributed by atoms with Crippen LogP contribution in [0, 0.1) is 0 Å². The quantitative estimate of drug-likeness (QED) is 0.466. The summed E-state index contributed by atoms with van der Waals surface area (Å²) in [6, 6.07) is 12.4. The molecule has 1 atom stereocenters. The molecule has 2 N–H and O–H groups in total. The first kappa shape index (κ1) is 20.9. The average molecular weight is 445 g/mol. The van der Waals surface area contributed by atoms with Crippen LogP contribution in [0.4, 0.5) is 5.82 Å². The summed E-state index contributed by atoms with van der Waals surface area (Å²) in [4.78, 5) is 19.8. The number of nitrogens with zero attached hydrogens (tertiary/aromatic N) is 4. The molecule has 0 fully saturated rings. The highest BCUT2D eigenvalue weighted by Crippen LogP contribution is 2.46. The van der Waals surface area contributed by atoms with E-state index in [0.717, 1.165) is 11.1 Å². The summed E-state index contributed by atoms with van der Waals surface area (Å²) in [5.74, 6) is 0.858. The van der Waals surface area contributed by atoms with Crippen molar-refractivity contribution in [2.45, 2.75) is 25.3 Å². The van der Waals surface area contributed by atoms with Gasteiger partial charge in [-0.3, -0.25) is 14.8 Å². The number of aromatic nitrogens is 4. The van der Waals surface area contributed by atoms with Gasteiger partial charge in [-0.05, 0) is 18.2 Å². The topological polar surface area (TPSA) is 117 Å². The maximum absolute atomic E-state index is 13.6. The number of para-hydroxylation sites is 1. The molecule has 9 heteroatoms. The van der Waals surface area contributed by atoms with E-state index in [4.69, 9.17) is 9.26 Å². The number of H-pyrrole nitrogens is 1. The van der Waals surface area contributed by atoms with E-state index < -0.39 is 11.5 Å². The number of carbonyl (C=O) groups is 1. The van der Waals surface area contributed by atoms with Crippen molar-refractivity contribution >= 4 is 11.7 Å². The minimum Gasteiger partial charge on any atom is -0.496 e. The van der Waals surface area contributed by atoms with E-state index in [0.29, 0.717) is 34.2 Å². The number of aromatic amines is 1. The van der Waals surface area contributed by atoms with Crippen LogP contribution >= 0.6 is 0 Å². The number of hydrogen-bond donors (Lipinski definition) is 2. The summed E-state index contributed by atoms with van der Waals surface area (Å²) in [5.41, 5.74) is 3.29. The first-order valence-electron chi connectivity index (χ1n) is 10.5.